The molecule has 8 nitrogen and oxygen atoms in total. The molecule has 33 heavy (non-hydrogen) atoms. The zero-order valence-corrected chi connectivity index (χ0v) is 19.1. The number of hydrogen-bond donors (Lipinski definition) is 2. The summed E-state index contributed by atoms with van der Waals surface area (Å²) in [6, 6.07) is 11.3. The number of rotatable bonds is 4. The topological polar surface area (TPSA) is 96.5 Å². The predicted octanol–water partition coefficient (Wildman–Crippen LogP) is 5.68. The van der Waals surface area contributed by atoms with Crippen molar-refractivity contribution in [2.24, 2.45) is 0 Å². The van der Waals surface area contributed by atoms with Crippen molar-refractivity contribution in [1.82, 2.24) is 14.9 Å². The van der Waals surface area contributed by atoms with E-state index in [4.69, 9.17) is 9.47 Å². The Kier molecular flexibility index (Phi) is 6.35. The van der Waals surface area contributed by atoms with Gasteiger partial charge >= 0.3 is 12.2 Å². The number of aromatic nitrogens is 2. The average Bonchev–Trinajstić information content (AvgIpc) is 3.21. The first-order valence-corrected chi connectivity index (χ1v) is 10.9. The molecule has 0 saturated carbocycles. The molecule has 172 valence electrons. The quantitative estimate of drug-likeness (QED) is 0.535. The van der Waals surface area contributed by atoms with E-state index in [-0.39, 0.29) is 12.7 Å². The summed E-state index contributed by atoms with van der Waals surface area (Å²) in [5, 5.41) is 3.59. The molecule has 4 rings (SSSR count). The van der Waals surface area contributed by atoms with Gasteiger partial charge in [0.1, 0.15) is 17.9 Å². The van der Waals surface area contributed by atoms with Crippen molar-refractivity contribution in [3.63, 3.8) is 0 Å². The lowest BCUT2D eigenvalue weighted by molar-refractivity contribution is 0.0329. The van der Waals surface area contributed by atoms with Crippen LogP contribution in [0.25, 0.3) is 16.6 Å². The molecule has 3 heterocycles. The first kappa shape index (κ1) is 22.4. The Morgan fingerprint density at radius 1 is 1.21 bits per heavy atom. The second kappa shape index (κ2) is 9.36. The highest BCUT2D eigenvalue weighted by Gasteiger charge is 2.24. The Hall–Kier alpha value is -3.81. The monoisotopic (exact) mass is 448 g/mol. The van der Waals surface area contributed by atoms with Crippen molar-refractivity contribution in [3.05, 3.63) is 66.1 Å². The third-order valence-corrected chi connectivity index (χ3v) is 5.12. The van der Waals surface area contributed by atoms with Gasteiger partial charge in [0.25, 0.3) is 0 Å². The molecule has 2 aromatic heterocycles. The molecule has 1 aliphatic heterocycles. The Labute approximate surface area is 192 Å². The molecule has 8 heteroatoms. The first-order chi connectivity index (χ1) is 15.8. The van der Waals surface area contributed by atoms with Crippen LogP contribution in [-0.4, -0.2) is 39.2 Å². The molecule has 0 aliphatic carbocycles. The van der Waals surface area contributed by atoms with E-state index in [1.807, 2.05) is 69.6 Å². The van der Waals surface area contributed by atoms with Gasteiger partial charge in [-0.15, -0.1) is 0 Å². The van der Waals surface area contributed by atoms with Gasteiger partial charge in [-0.1, -0.05) is 30.3 Å². The van der Waals surface area contributed by atoms with Crippen LogP contribution in [-0.2, 0) is 16.1 Å². The van der Waals surface area contributed by atoms with E-state index in [9.17, 15) is 9.59 Å². The molecule has 2 amide bonds. The van der Waals surface area contributed by atoms with Gasteiger partial charge in [-0.25, -0.2) is 14.6 Å². The van der Waals surface area contributed by atoms with Crippen molar-refractivity contribution in [3.8, 4) is 0 Å². The standard InChI is InChI=1S/C25H28N4O4/c1-25(2,3)33-24(31)29-11-7-10-18(15-29)21-14-27-22-20(21)12-19(13-26-22)28-23(30)32-16-17-8-5-4-6-9-17/h4-6,8-9,12-15H,7,10-11,16H2,1-3H3,(H,26,27)(H,28,30). The number of pyridine rings is 1. The van der Waals surface area contributed by atoms with Gasteiger partial charge in [-0.05, 0) is 50.8 Å². The van der Waals surface area contributed by atoms with Crippen LogP contribution in [0.5, 0.6) is 0 Å². The number of aromatic amines is 1. The zero-order valence-electron chi connectivity index (χ0n) is 19.1. The minimum atomic E-state index is -0.553. The second-order valence-corrected chi connectivity index (χ2v) is 8.94. The lowest BCUT2D eigenvalue weighted by Crippen LogP contribution is -2.35. The second-order valence-electron chi connectivity index (χ2n) is 8.94. The summed E-state index contributed by atoms with van der Waals surface area (Å²) in [5.74, 6) is 0. The number of nitrogens with zero attached hydrogens (tertiary/aromatic N) is 2. The van der Waals surface area contributed by atoms with Crippen LogP contribution >= 0.6 is 0 Å². The van der Waals surface area contributed by atoms with Crippen LogP contribution in [0.2, 0.25) is 0 Å². The third kappa shape index (κ3) is 5.71. The molecular formula is C25H28N4O4. The van der Waals surface area contributed by atoms with Crippen molar-refractivity contribution >= 4 is 34.5 Å². The smallest absolute Gasteiger partial charge is 0.414 e. The van der Waals surface area contributed by atoms with E-state index in [0.717, 1.165) is 34.9 Å². The molecule has 3 aromatic rings. The van der Waals surface area contributed by atoms with Crippen molar-refractivity contribution in [2.75, 3.05) is 11.9 Å². The fourth-order valence-electron chi connectivity index (χ4n) is 3.64. The lowest BCUT2D eigenvalue weighted by atomic mass is 9.99. The van der Waals surface area contributed by atoms with E-state index in [1.165, 1.54) is 0 Å². The normalized spacial score (nSPS) is 14.0. The zero-order chi connectivity index (χ0) is 23.4. The Morgan fingerprint density at radius 2 is 2.00 bits per heavy atom. The van der Waals surface area contributed by atoms with E-state index in [2.05, 4.69) is 15.3 Å². The maximum absolute atomic E-state index is 12.5. The van der Waals surface area contributed by atoms with Crippen molar-refractivity contribution in [1.29, 1.82) is 0 Å². The SMILES string of the molecule is CC(C)(C)OC(=O)N1C=C(c2c[nH]c3ncc(NC(=O)OCc4ccccc4)cc23)CCC1. The van der Waals surface area contributed by atoms with Crippen LogP contribution in [0, 0.1) is 0 Å². The summed E-state index contributed by atoms with van der Waals surface area (Å²) in [4.78, 5) is 33.9. The summed E-state index contributed by atoms with van der Waals surface area (Å²) < 4.78 is 10.8. The van der Waals surface area contributed by atoms with E-state index in [1.54, 1.807) is 11.1 Å². The van der Waals surface area contributed by atoms with E-state index >= 15 is 0 Å². The largest absolute Gasteiger partial charge is 0.444 e. The molecule has 1 aromatic carbocycles. The van der Waals surface area contributed by atoms with Crippen LogP contribution < -0.4 is 5.32 Å². The van der Waals surface area contributed by atoms with Crippen LogP contribution in [0.4, 0.5) is 15.3 Å². The third-order valence-electron chi connectivity index (χ3n) is 5.12. The maximum Gasteiger partial charge on any atom is 0.414 e. The number of carbonyl (C=O) groups is 2. The van der Waals surface area contributed by atoms with Gasteiger partial charge in [0.05, 0.1) is 11.9 Å². The molecule has 0 unspecified atom stereocenters. The molecular weight excluding hydrogens is 420 g/mol. The molecule has 0 spiro atoms. The van der Waals surface area contributed by atoms with Gasteiger partial charge in [0.15, 0.2) is 0 Å². The number of fused-ring (bicyclic) bond motifs is 1. The van der Waals surface area contributed by atoms with Gasteiger partial charge in [-0.2, -0.15) is 0 Å². The number of ether oxygens (including phenoxy) is 2. The van der Waals surface area contributed by atoms with Crippen molar-refractivity contribution in [2.45, 2.75) is 45.8 Å². The number of H-pyrrole nitrogens is 1. The van der Waals surface area contributed by atoms with Gasteiger partial charge in [0.2, 0.25) is 0 Å². The van der Waals surface area contributed by atoms with Gasteiger partial charge in [0, 0.05) is 29.9 Å². The number of benzene rings is 1. The fourth-order valence-corrected chi connectivity index (χ4v) is 3.64. The highest BCUT2D eigenvalue weighted by molar-refractivity contribution is 5.95. The summed E-state index contributed by atoms with van der Waals surface area (Å²) >= 11 is 0. The molecule has 0 bridgehead atoms. The minimum absolute atomic E-state index is 0.186. The Balaban J connectivity index is 1.49. The maximum atomic E-state index is 12.5. The Morgan fingerprint density at radius 3 is 2.76 bits per heavy atom. The fraction of sp³-hybridized carbons (Fsp3) is 0.320. The number of allylic oxidation sites excluding steroid dienone is 1. The minimum Gasteiger partial charge on any atom is -0.444 e. The molecule has 0 fully saturated rings. The number of nitrogens with one attached hydrogen (secondary N) is 2. The number of hydrogen-bond acceptors (Lipinski definition) is 5. The number of anilines is 1. The van der Waals surface area contributed by atoms with Crippen LogP contribution in [0.15, 0.2) is 55.0 Å². The van der Waals surface area contributed by atoms with E-state index < -0.39 is 11.7 Å². The summed E-state index contributed by atoms with van der Waals surface area (Å²) in [6.45, 7) is 6.35. The summed E-state index contributed by atoms with van der Waals surface area (Å²) in [5.41, 5.74) is 3.53. The first-order valence-electron chi connectivity index (χ1n) is 10.9. The van der Waals surface area contributed by atoms with Gasteiger partial charge in [-0.3, -0.25) is 10.2 Å². The van der Waals surface area contributed by atoms with E-state index in [0.29, 0.717) is 17.9 Å². The summed E-state index contributed by atoms with van der Waals surface area (Å²) in [6.07, 6.45) is 6.03. The highest BCUT2D eigenvalue weighted by Crippen LogP contribution is 2.32. The van der Waals surface area contributed by atoms with Crippen LogP contribution in [0.1, 0.15) is 44.7 Å². The molecule has 0 atom stereocenters. The summed E-state index contributed by atoms with van der Waals surface area (Å²) in [7, 11) is 0. The Bertz CT molecular complexity index is 1180. The number of amides is 2. The molecule has 2 N–H and O–H groups in total. The molecule has 0 radical (unpaired) electrons. The molecule has 1 aliphatic rings. The number of carbonyl (C=O) groups excluding carboxylic acids is 2. The lowest BCUT2D eigenvalue weighted by Gasteiger charge is -2.28. The van der Waals surface area contributed by atoms with Crippen molar-refractivity contribution < 1.29 is 19.1 Å². The van der Waals surface area contributed by atoms with Crippen LogP contribution in [0.3, 0.4) is 0 Å². The average molecular weight is 449 g/mol. The predicted molar refractivity (Wildman–Crippen MR) is 126 cm³/mol. The molecule has 0 saturated heterocycles. The highest BCUT2D eigenvalue weighted by atomic mass is 16.6. The van der Waals surface area contributed by atoms with Gasteiger partial charge < -0.3 is 14.5 Å².